The highest BCUT2D eigenvalue weighted by Gasteiger charge is 2.09. The van der Waals surface area contributed by atoms with Crippen LogP contribution in [-0.4, -0.2) is 22.2 Å². The first-order valence-corrected chi connectivity index (χ1v) is 6.25. The number of hydrogen-bond donors (Lipinski definition) is 2. The van der Waals surface area contributed by atoms with Crippen LogP contribution in [0.2, 0.25) is 0 Å². The summed E-state index contributed by atoms with van der Waals surface area (Å²) in [7, 11) is 1.54. The Labute approximate surface area is 117 Å². The summed E-state index contributed by atoms with van der Waals surface area (Å²) in [4.78, 5) is 8.33. The molecule has 0 aliphatic heterocycles. The number of aliphatic hydroxyl groups excluding tert-OH is 1. The van der Waals surface area contributed by atoms with Gasteiger partial charge in [-0.25, -0.2) is 4.98 Å². The van der Waals surface area contributed by atoms with Gasteiger partial charge < -0.3 is 20.3 Å². The van der Waals surface area contributed by atoms with Crippen LogP contribution >= 0.6 is 0 Å². The summed E-state index contributed by atoms with van der Waals surface area (Å²) in [5.41, 5.74) is 6.45. The summed E-state index contributed by atoms with van der Waals surface area (Å²) < 4.78 is 10.9. The zero-order valence-electron chi connectivity index (χ0n) is 11.5. The number of anilines is 1. The van der Waals surface area contributed by atoms with Crippen molar-refractivity contribution in [3.05, 3.63) is 35.7 Å². The number of aliphatic hydroxyl groups is 1. The SMILES string of the molecule is CCc1nc(N)cc(Oc2ccc(CO)cc2OC)n1. The van der Waals surface area contributed by atoms with Gasteiger partial charge in [0.15, 0.2) is 11.5 Å². The van der Waals surface area contributed by atoms with Gasteiger partial charge in [0.2, 0.25) is 5.88 Å². The second-order valence-corrected chi connectivity index (χ2v) is 4.15. The molecule has 1 heterocycles. The molecule has 0 amide bonds. The quantitative estimate of drug-likeness (QED) is 0.866. The van der Waals surface area contributed by atoms with Crippen LogP contribution in [0.3, 0.4) is 0 Å². The van der Waals surface area contributed by atoms with Gasteiger partial charge in [-0.1, -0.05) is 13.0 Å². The zero-order chi connectivity index (χ0) is 14.5. The van der Waals surface area contributed by atoms with Crippen LogP contribution in [0.25, 0.3) is 0 Å². The Balaban J connectivity index is 2.31. The van der Waals surface area contributed by atoms with Gasteiger partial charge in [0.1, 0.15) is 11.6 Å². The lowest BCUT2D eigenvalue weighted by molar-refractivity contribution is 0.280. The lowest BCUT2D eigenvalue weighted by Crippen LogP contribution is -2.01. The van der Waals surface area contributed by atoms with Crippen LogP contribution in [0.15, 0.2) is 24.3 Å². The minimum Gasteiger partial charge on any atom is -0.493 e. The molecule has 106 valence electrons. The highest BCUT2D eigenvalue weighted by Crippen LogP contribution is 2.32. The van der Waals surface area contributed by atoms with Gasteiger partial charge in [0.25, 0.3) is 0 Å². The van der Waals surface area contributed by atoms with Crippen molar-refractivity contribution in [2.75, 3.05) is 12.8 Å². The fourth-order valence-corrected chi connectivity index (χ4v) is 1.71. The molecule has 1 aromatic carbocycles. The predicted molar refractivity (Wildman–Crippen MR) is 74.8 cm³/mol. The summed E-state index contributed by atoms with van der Waals surface area (Å²) >= 11 is 0. The van der Waals surface area contributed by atoms with E-state index in [9.17, 15) is 0 Å². The third-order valence-corrected chi connectivity index (χ3v) is 2.71. The molecule has 0 aliphatic carbocycles. The van der Waals surface area contributed by atoms with Crippen molar-refractivity contribution in [2.45, 2.75) is 20.0 Å². The van der Waals surface area contributed by atoms with E-state index in [0.717, 1.165) is 5.56 Å². The summed E-state index contributed by atoms with van der Waals surface area (Å²) in [6.45, 7) is 1.88. The van der Waals surface area contributed by atoms with Crippen molar-refractivity contribution in [3.63, 3.8) is 0 Å². The van der Waals surface area contributed by atoms with E-state index in [-0.39, 0.29) is 6.61 Å². The molecule has 0 spiro atoms. The predicted octanol–water partition coefficient (Wildman–Crippen LogP) is 1.91. The summed E-state index contributed by atoms with van der Waals surface area (Å²) in [6, 6.07) is 6.73. The number of rotatable bonds is 5. The molecule has 0 aliphatic rings. The van der Waals surface area contributed by atoms with E-state index in [1.807, 2.05) is 6.92 Å². The number of nitrogens with two attached hydrogens (primary N) is 1. The van der Waals surface area contributed by atoms with E-state index < -0.39 is 0 Å². The monoisotopic (exact) mass is 275 g/mol. The Morgan fingerprint density at radius 1 is 1.20 bits per heavy atom. The molecule has 1 aromatic heterocycles. The molecule has 0 bridgehead atoms. The van der Waals surface area contributed by atoms with Gasteiger partial charge in [0.05, 0.1) is 13.7 Å². The highest BCUT2D eigenvalue weighted by atomic mass is 16.5. The number of methoxy groups -OCH3 is 1. The van der Waals surface area contributed by atoms with Crippen LogP contribution in [0.5, 0.6) is 17.4 Å². The van der Waals surface area contributed by atoms with Crippen LogP contribution in [0, 0.1) is 0 Å². The third-order valence-electron chi connectivity index (χ3n) is 2.71. The molecule has 0 unspecified atom stereocenters. The largest absolute Gasteiger partial charge is 0.493 e. The average Bonchev–Trinajstić information content (AvgIpc) is 2.47. The van der Waals surface area contributed by atoms with E-state index in [2.05, 4.69) is 9.97 Å². The molecule has 2 rings (SSSR count). The molecule has 0 fully saturated rings. The average molecular weight is 275 g/mol. The molecule has 6 nitrogen and oxygen atoms in total. The van der Waals surface area contributed by atoms with E-state index in [1.165, 1.54) is 7.11 Å². The molecular formula is C14H17N3O3. The van der Waals surface area contributed by atoms with Crippen LogP contribution in [0.1, 0.15) is 18.3 Å². The van der Waals surface area contributed by atoms with Crippen molar-refractivity contribution < 1.29 is 14.6 Å². The normalized spacial score (nSPS) is 10.3. The number of aromatic nitrogens is 2. The maximum absolute atomic E-state index is 9.11. The molecule has 20 heavy (non-hydrogen) atoms. The number of ether oxygens (including phenoxy) is 2. The molecule has 0 radical (unpaired) electrons. The van der Waals surface area contributed by atoms with Gasteiger partial charge >= 0.3 is 0 Å². The van der Waals surface area contributed by atoms with Crippen LogP contribution < -0.4 is 15.2 Å². The Morgan fingerprint density at radius 3 is 2.65 bits per heavy atom. The lowest BCUT2D eigenvalue weighted by Gasteiger charge is -2.11. The van der Waals surface area contributed by atoms with E-state index >= 15 is 0 Å². The van der Waals surface area contributed by atoms with Crippen LogP contribution in [-0.2, 0) is 13.0 Å². The minimum absolute atomic E-state index is 0.0585. The topological polar surface area (TPSA) is 90.5 Å². The van der Waals surface area contributed by atoms with Gasteiger partial charge in [-0.15, -0.1) is 0 Å². The fourth-order valence-electron chi connectivity index (χ4n) is 1.71. The third kappa shape index (κ3) is 3.16. The number of nitrogen functional groups attached to an aromatic ring is 1. The van der Waals surface area contributed by atoms with Crippen molar-refractivity contribution in [3.8, 4) is 17.4 Å². The number of aryl methyl sites for hydroxylation is 1. The summed E-state index contributed by atoms with van der Waals surface area (Å²) in [6.07, 6.45) is 0.669. The Hall–Kier alpha value is -2.34. The first-order valence-electron chi connectivity index (χ1n) is 6.25. The van der Waals surface area contributed by atoms with Crippen molar-refractivity contribution in [2.24, 2.45) is 0 Å². The molecule has 0 atom stereocenters. The van der Waals surface area contributed by atoms with Gasteiger partial charge in [-0.2, -0.15) is 4.98 Å². The Bertz CT molecular complexity index is 602. The zero-order valence-corrected chi connectivity index (χ0v) is 11.5. The second kappa shape index (κ2) is 6.21. The maximum atomic E-state index is 9.11. The smallest absolute Gasteiger partial charge is 0.224 e. The highest BCUT2D eigenvalue weighted by molar-refractivity contribution is 5.45. The van der Waals surface area contributed by atoms with Gasteiger partial charge in [-0.05, 0) is 17.7 Å². The summed E-state index contributed by atoms with van der Waals surface area (Å²) in [5, 5.41) is 9.11. The molecule has 6 heteroatoms. The van der Waals surface area contributed by atoms with Gasteiger partial charge in [0, 0.05) is 12.5 Å². The Kier molecular flexibility index (Phi) is 4.37. The van der Waals surface area contributed by atoms with Gasteiger partial charge in [-0.3, -0.25) is 0 Å². The van der Waals surface area contributed by atoms with E-state index in [1.54, 1.807) is 24.3 Å². The van der Waals surface area contributed by atoms with Crippen molar-refractivity contribution in [1.82, 2.24) is 9.97 Å². The standard InChI is InChI=1S/C14H17N3O3/c1-3-13-16-12(15)7-14(17-13)20-10-5-4-9(8-18)6-11(10)19-2/h4-7,18H,3,8H2,1-2H3,(H2,15,16,17). The summed E-state index contributed by atoms with van der Waals surface area (Å²) in [5.74, 6) is 2.37. The van der Waals surface area contributed by atoms with Crippen LogP contribution in [0.4, 0.5) is 5.82 Å². The number of hydrogen-bond acceptors (Lipinski definition) is 6. The second-order valence-electron chi connectivity index (χ2n) is 4.15. The molecule has 0 saturated carbocycles. The Morgan fingerprint density at radius 2 is 2.00 bits per heavy atom. The van der Waals surface area contributed by atoms with Crippen molar-refractivity contribution in [1.29, 1.82) is 0 Å². The molecule has 0 saturated heterocycles. The molecule has 3 N–H and O–H groups in total. The van der Waals surface area contributed by atoms with E-state index in [4.69, 9.17) is 20.3 Å². The fraction of sp³-hybridized carbons (Fsp3) is 0.286. The number of benzene rings is 1. The molecule has 2 aromatic rings. The lowest BCUT2D eigenvalue weighted by atomic mass is 10.2. The first kappa shape index (κ1) is 14.1. The maximum Gasteiger partial charge on any atom is 0.224 e. The number of nitrogens with zero attached hydrogens (tertiary/aromatic N) is 2. The first-order chi connectivity index (χ1) is 9.66. The van der Waals surface area contributed by atoms with Crippen molar-refractivity contribution >= 4 is 5.82 Å². The minimum atomic E-state index is -0.0585. The van der Waals surface area contributed by atoms with E-state index in [0.29, 0.717) is 35.4 Å². The molecular weight excluding hydrogens is 258 g/mol.